The van der Waals surface area contributed by atoms with Crippen molar-refractivity contribution in [3.8, 4) is 0 Å². The molecule has 1 amide bonds. The van der Waals surface area contributed by atoms with Gasteiger partial charge in [-0.25, -0.2) is 0 Å². The molecule has 0 aliphatic rings. The van der Waals surface area contributed by atoms with Gasteiger partial charge < -0.3 is 5.73 Å². The monoisotopic (exact) mass is 175 g/mol. The maximum Gasteiger partial charge on any atom is 0.248 e. The number of carbonyl (C=O) groups is 1. The maximum absolute atomic E-state index is 10.8. The van der Waals surface area contributed by atoms with E-state index < -0.39 is 0 Å². The molecular weight excluding hydrogens is 162 g/mol. The summed E-state index contributed by atoms with van der Waals surface area (Å²) in [6.45, 7) is 4.02. The predicted molar refractivity (Wildman–Crippen MR) is 54.3 cm³/mol. The molecule has 0 fully saturated rings. The topological polar surface area (TPSA) is 43.1 Å². The lowest BCUT2D eigenvalue weighted by atomic mass is 10.1. The summed E-state index contributed by atoms with van der Waals surface area (Å²) in [5.74, 6) is -0.385. The molecule has 0 saturated carbocycles. The molecule has 2 N–H and O–H groups in total. The average Bonchev–Trinajstić information content (AvgIpc) is 2.03. The van der Waals surface area contributed by atoms with Gasteiger partial charge in [0.05, 0.1) is 0 Å². The van der Waals surface area contributed by atoms with Crippen LogP contribution in [0.25, 0.3) is 6.08 Å². The average molecular weight is 175 g/mol. The summed E-state index contributed by atoms with van der Waals surface area (Å²) in [6.07, 6.45) is 2.01. The van der Waals surface area contributed by atoms with Crippen LogP contribution in [0.3, 0.4) is 0 Å². The molecule has 1 rings (SSSR count). The summed E-state index contributed by atoms with van der Waals surface area (Å²) in [4.78, 5) is 10.8. The van der Waals surface area contributed by atoms with Gasteiger partial charge in [0, 0.05) is 5.56 Å². The Morgan fingerprint density at radius 2 is 2.08 bits per heavy atom. The molecule has 0 spiro atoms. The van der Waals surface area contributed by atoms with E-state index in [1.54, 1.807) is 12.1 Å². The molecule has 0 heterocycles. The highest BCUT2D eigenvalue weighted by atomic mass is 16.1. The number of primary amides is 1. The molecule has 0 bridgehead atoms. The Hall–Kier alpha value is -1.57. The smallest absolute Gasteiger partial charge is 0.248 e. The lowest BCUT2D eigenvalue weighted by Crippen LogP contribution is -2.10. The van der Waals surface area contributed by atoms with E-state index in [0.29, 0.717) is 5.56 Å². The van der Waals surface area contributed by atoms with Crippen molar-refractivity contribution in [3.05, 3.63) is 41.0 Å². The van der Waals surface area contributed by atoms with Crippen LogP contribution in [0.1, 0.15) is 29.8 Å². The van der Waals surface area contributed by atoms with Gasteiger partial charge in [-0.15, -0.1) is 0 Å². The zero-order chi connectivity index (χ0) is 9.84. The third-order valence-electron chi connectivity index (χ3n) is 1.63. The van der Waals surface area contributed by atoms with Gasteiger partial charge in [0.1, 0.15) is 0 Å². The fourth-order valence-electron chi connectivity index (χ4n) is 1.12. The summed E-state index contributed by atoms with van der Waals surface area (Å²) in [6, 6.07) is 7.27. The van der Waals surface area contributed by atoms with E-state index in [2.05, 4.69) is 0 Å². The minimum Gasteiger partial charge on any atom is -0.366 e. The fraction of sp³-hybridized carbons (Fsp3) is 0.182. The molecule has 0 atom stereocenters. The van der Waals surface area contributed by atoms with Crippen molar-refractivity contribution in [2.75, 3.05) is 0 Å². The standard InChI is InChI=1S/C11H13NO/c1-8(2)6-9-4-3-5-10(7-9)11(12)13/h3-7H,1-2H3,(H2,12,13). The first-order chi connectivity index (χ1) is 6.09. The van der Waals surface area contributed by atoms with E-state index in [-0.39, 0.29) is 5.91 Å². The van der Waals surface area contributed by atoms with Gasteiger partial charge in [-0.1, -0.05) is 23.8 Å². The molecule has 0 aromatic heterocycles. The van der Waals surface area contributed by atoms with Gasteiger partial charge in [0.2, 0.25) is 5.91 Å². The minimum absolute atomic E-state index is 0.385. The molecular formula is C11H13NO. The minimum atomic E-state index is -0.385. The van der Waals surface area contributed by atoms with Crippen LogP contribution in [-0.4, -0.2) is 5.91 Å². The summed E-state index contributed by atoms with van der Waals surface area (Å²) in [7, 11) is 0. The molecule has 68 valence electrons. The molecule has 2 heteroatoms. The molecule has 1 aromatic rings. The van der Waals surface area contributed by atoms with Crippen LogP contribution in [0.2, 0.25) is 0 Å². The quantitative estimate of drug-likeness (QED) is 0.735. The summed E-state index contributed by atoms with van der Waals surface area (Å²) < 4.78 is 0. The molecule has 0 aliphatic heterocycles. The van der Waals surface area contributed by atoms with Crippen molar-refractivity contribution in [1.29, 1.82) is 0 Å². The van der Waals surface area contributed by atoms with Gasteiger partial charge in [0.25, 0.3) is 0 Å². The third kappa shape index (κ3) is 2.75. The lowest BCUT2D eigenvalue weighted by molar-refractivity contribution is 0.100. The Balaban J connectivity index is 3.06. The number of amides is 1. The number of benzene rings is 1. The summed E-state index contributed by atoms with van der Waals surface area (Å²) in [5, 5.41) is 0. The third-order valence-corrected chi connectivity index (χ3v) is 1.63. The van der Waals surface area contributed by atoms with Crippen LogP contribution < -0.4 is 5.73 Å². The van der Waals surface area contributed by atoms with Gasteiger partial charge in [-0.2, -0.15) is 0 Å². The van der Waals surface area contributed by atoms with Crippen molar-refractivity contribution in [2.24, 2.45) is 5.73 Å². The van der Waals surface area contributed by atoms with Crippen molar-refractivity contribution >= 4 is 12.0 Å². The highest BCUT2D eigenvalue weighted by Gasteiger charge is 1.98. The number of hydrogen-bond acceptors (Lipinski definition) is 1. The molecule has 0 radical (unpaired) electrons. The van der Waals surface area contributed by atoms with E-state index >= 15 is 0 Å². The molecule has 0 aliphatic carbocycles. The van der Waals surface area contributed by atoms with Crippen LogP contribution >= 0.6 is 0 Å². The number of rotatable bonds is 2. The van der Waals surface area contributed by atoms with E-state index in [9.17, 15) is 4.79 Å². The van der Waals surface area contributed by atoms with Crippen molar-refractivity contribution in [1.82, 2.24) is 0 Å². The van der Waals surface area contributed by atoms with Crippen LogP contribution in [0.4, 0.5) is 0 Å². The second-order valence-electron chi connectivity index (χ2n) is 3.21. The Labute approximate surface area is 78.1 Å². The van der Waals surface area contributed by atoms with E-state index in [1.165, 1.54) is 5.57 Å². The number of hydrogen-bond donors (Lipinski definition) is 1. The molecule has 0 unspecified atom stereocenters. The Bertz CT molecular complexity index is 349. The summed E-state index contributed by atoms with van der Waals surface area (Å²) >= 11 is 0. The second-order valence-corrected chi connectivity index (χ2v) is 3.21. The van der Waals surface area contributed by atoms with Gasteiger partial charge >= 0.3 is 0 Å². The van der Waals surface area contributed by atoms with Gasteiger partial charge in [0.15, 0.2) is 0 Å². The predicted octanol–water partition coefficient (Wildman–Crippen LogP) is 2.21. The van der Waals surface area contributed by atoms with Crippen molar-refractivity contribution in [2.45, 2.75) is 13.8 Å². The Morgan fingerprint density at radius 1 is 1.38 bits per heavy atom. The second kappa shape index (κ2) is 3.90. The Morgan fingerprint density at radius 3 is 2.62 bits per heavy atom. The first-order valence-corrected chi connectivity index (χ1v) is 4.14. The number of nitrogens with two attached hydrogens (primary N) is 1. The van der Waals surface area contributed by atoms with Crippen LogP contribution in [-0.2, 0) is 0 Å². The zero-order valence-corrected chi connectivity index (χ0v) is 7.87. The van der Waals surface area contributed by atoms with E-state index in [4.69, 9.17) is 5.73 Å². The molecule has 1 aromatic carbocycles. The van der Waals surface area contributed by atoms with Gasteiger partial charge in [-0.3, -0.25) is 4.79 Å². The number of carbonyl (C=O) groups excluding carboxylic acids is 1. The lowest BCUT2D eigenvalue weighted by Gasteiger charge is -1.98. The SMILES string of the molecule is CC(C)=Cc1cccc(C(N)=O)c1. The first-order valence-electron chi connectivity index (χ1n) is 4.14. The maximum atomic E-state index is 10.8. The molecule has 0 saturated heterocycles. The molecule has 13 heavy (non-hydrogen) atoms. The largest absolute Gasteiger partial charge is 0.366 e. The van der Waals surface area contributed by atoms with E-state index in [0.717, 1.165) is 5.56 Å². The van der Waals surface area contributed by atoms with Crippen molar-refractivity contribution < 1.29 is 4.79 Å². The van der Waals surface area contributed by atoms with Crippen LogP contribution in [0, 0.1) is 0 Å². The van der Waals surface area contributed by atoms with Gasteiger partial charge in [-0.05, 0) is 31.5 Å². The normalized spacial score (nSPS) is 9.38. The zero-order valence-electron chi connectivity index (χ0n) is 7.87. The van der Waals surface area contributed by atoms with Crippen LogP contribution in [0.5, 0.6) is 0 Å². The van der Waals surface area contributed by atoms with E-state index in [1.807, 2.05) is 32.1 Å². The fourth-order valence-corrected chi connectivity index (χ4v) is 1.12. The first kappa shape index (κ1) is 9.52. The van der Waals surface area contributed by atoms with Crippen molar-refractivity contribution in [3.63, 3.8) is 0 Å². The summed E-state index contributed by atoms with van der Waals surface area (Å²) in [5.41, 5.74) is 7.91. The number of allylic oxidation sites excluding steroid dienone is 1. The molecule has 2 nitrogen and oxygen atoms in total. The highest BCUT2D eigenvalue weighted by Crippen LogP contribution is 2.08. The Kier molecular flexibility index (Phi) is 2.85. The van der Waals surface area contributed by atoms with Crippen LogP contribution in [0.15, 0.2) is 29.8 Å². The highest BCUT2D eigenvalue weighted by molar-refractivity contribution is 5.93.